The number of carbonyl (C=O) groups is 1. The molecule has 1 saturated heterocycles. The second-order valence-corrected chi connectivity index (χ2v) is 7.01. The number of alkyl halides is 3. The summed E-state index contributed by atoms with van der Waals surface area (Å²) in [6.07, 6.45) is -3.07. The molecule has 1 aromatic carbocycles. The van der Waals surface area contributed by atoms with Crippen LogP contribution in [0.2, 0.25) is 5.02 Å². The number of nitrogens with zero attached hydrogens (tertiary/aromatic N) is 3. The third kappa shape index (κ3) is 4.29. The number of aromatic nitrogens is 2. The van der Waals surface area contributed by atoms with Gasteiger partial charge in [0.2, 0.25) is 5.91 Å². The molecule has 0 bridgehead atoms. The Morgan fingerprint density at radius 1 is 1.42 bits per heavy atom. The van der Waals surface area contributed by atoms with E-state index in [1.54, 1.807) is 12.1 Å². The lowest BCUT2D eigenvalue weighted by Crippen LogP contribution is -2.46. The first kappa shape index (κ1) is 19.0. The lowest BCUT2D eigenvalue weighted by molar-refractivity contribution is -0.152. The van der Waals surface area contributed by atoms with E-state index in [1.165, 1.54) is 4.90 Å². The number of piperidine rings is 1. The molecule has 1 unspecified atom stereocenters. The number of fused-ring (bicyclic) bond motifs is 1. The summed E-state index contributed by atoms with van der Waals surface area (Å²) in [6.45, 7) is -0.275. The number of nitrogens with one attached hydrogen (secondary N) is 1. The van der Waals surface area contributed by atoms with E-state index in [0.29, 0.717) is 30.2 Å². The molecule has 1 atom stereocenters. The first-order valence-electron chi connectivity index (χ1n) is 8.41. The molecule has 2 heterocycles. The molecule has 1 amide bonds. The van der Waals surface area contributed by atoms with Gasteiger partial charge in [-0.15, -0.1) is 0 Å². The van der Waals surface area contributed by atoms with Crippen LogP contribution in [-0.4, -0.2) is 46.2 Å². The van der Waals surface area contributed by atoms with Crippen LogP contribution in [0.1, 0.15) is 18.7 Å². The monoisotopic (exact) mass is 388 g/mol. The highest BCUT2D eigenvalue weighted by Crippen LogP contribution is 2.24. The number of amides is 1. The molecule has 26 heavy (non-hydrogen) atoms. The molecule has 1 aliphatic heterocycles. The topological polar surface area (TPSA) is 50.2 Å². The van der Waals surface area contributed by atoms with Crippen LogP contribution < -0.4 is 5.32 Å². The van der Waals surface area contributed by atoms with Crippen molar-refractivity contribution in [3.63, 3.8) is 0 Å². The van der Waals surface area contributed by atoms with Gasteiger partial charge in [0.25, 0.3) is 0 Å². The highest BCUT2D eigenvalue weighted by molar-refractivity contribution is 6.35. The molecule has 9 heteroatoms. The van der Waals surface area contributed by atoms with Gasteiger partial charge in [0, 0.05) is 13.6 Å². The van der Waals surface area contributed by atoms with E-state index in [2.05, 4.69) is 10.3 Å². The van der Waals surface area contributed by atoms with Crippen molar-refractivity contribution in [3.8, 4) is 0 Å². The molecule has 1 aromatic heterocycles. The molecule has 0 saturated carbocycles. The molecule has 1 N–H and O–H groups in total. The maximum Gasteiger partial charge on any atom is 0.401 e. The summed E-state index contributed by atoms with van der Waals surface area (Å²) in [5.41, 5.74) is 1.52. The van der Waals surface area contributed by atoms with Crippen LogP contribution in [0.4, 0.5) is 13.2 Å². The zero-order valence-electron chi connectivity index (χ0n) is 14.3. The van der Waals surface area contributed by atoms with Crippen molar-refractivity contribution < 1.29 is 18.0 Å². The predicted octanol–water partition coefficient (Wildman–Crippen LogP) is 3.12. The summed E-state index contributed by atoms with van der Waals surface area (Å²) in [6, 6.07) is 5.41. The number of halogens is 4. The molecule has 142 valence electrons. The van der Waals surface area contributed by atoms with Crippen molar-refractivity contribution >= 4 is 28.5 Å². The Labute approximate surface area is 154 Å². The second-order valence-electron chi connectivity index (χ2n) is 6.60. The zero-order chi connectivity index (χ0) is 18.9. The quantitative estimate of drug-likeness (QED) is 0.875. The molecule has 0 spiro atoms. The number of aryl methyl sites for hydroxylation is 1. The van der Waals surface area contributed by atoms with E-state index >= 15 is 0 Å². The normalized spacial score (nSPS) is 19.0. The van der Waals surface area contributed by atoms with Gasteiger partial charge in [-0.1, -0.05) is 17.7 Å². The molecule has 5 nitrogen and oxygen atoms in total. The first-order valence-corrected chi connectivity index (χ1v) is 8.79. The summed E-state index contributed by atoms with van der Waals surface area (Å²) in [4.78, 5) is 18.1. The Kier molecular flexibility index (Phi) is 5.43. The van der Waals surface area contributed by atoms with Gasteiger partial charge in [0.1, 0.15) is 5.82 Å². The van der Waals surface area contributed by atoms with Crippen molar-refractivity contribution in [1.82, 2.24) is 19.8 Å². The van der Waals surface area contributed by atoms with E-state index in [1.807, 2.05) is 17.7 Å². The Bertz CT molecular complexity index is 805. The van der Waals surface area contributed by atoms with Crippen LogP contribution in [0.3, 0.4) is 0 Å². The molecule has 1 aliphatic rings. The van der Waals surface area contributed by atoms with Crippen LogP contribution in [0.25, 0.3) is 11.0 Å². The van der Waals surface area contributed by atoms with Crippen molar-refractivity contribution in [2.75, 3.05) is 19.6 Å². The lowest BCUT2D eigenvalue weighted by atomic mass is 9.97. The number of hydrogen-bond acceptors (Lipinski definition) is 3. The number of likely N-dealkylation sites (tertiary alicyclic amines) is 1. The predicted molar refractivity (Wildman–Crippen MR) is 92.8 cm³/mol. The van der Waals surface area contributed by atoms with Crippen molar-refractivity contribution in [2.45, 2.75) is 25.6 Å². The lowest BCUT2D eigenvalue weighted by Gasteiger charge is -2.32. The molecule has 3 rings (SSSR count). The fourth-order valence-electron chi connectivity index (χ4n) is 3.40. The Morgan fingerprint density at radius 3 is 2.88 bits per heavy atom. The molecule has 0 radical (unpaired) electrons. The second kappa shape index (κ2) is 7.44. The minimum absolute atomic E-state index is 0.125. The molecule has 1 fully saturated rings. The first-order chi connectivity index (χ1) is 12.2. The molecule has 0 aliphatic carbocycles. The summed E-state index contributed by atoms with van der Waals surface area (Å²) in [7, 11) is 1.81. The maximum absolute atomic E-state index is 12.6. The number of hydrogen-bond donors (Lipinski definition) is 1. The highest BCUT2D eigenvalue weighted by Gasteiger charge is 2.34. The average molecular weight is 389 g/mol. The van der Waals surface area contributed by atoms with Gasteiger partial charge in [-0.25, -0.2) is 4.98 Å². The van der Waals surface area contributed by atoms with Crippen LogP contribution in [-0.2, 0) is 18.4 Å². The third-order valence-electron chi connectivity index (χ3n) is 4.64. The average Bonchev–Trinajstić information content (AvgIpc) is 2.88. The smallest absolute Gasteiger partial charge is 0.349 e. The summed E-state index contributed by atoms with van der Waals surface area (Å²) >= 11 is 6.18. The Morgan fingerprint density at radius 2 is 2.19 bits per heavy atom. The number of carbonyl (C=O) groups excluding carboxylic acids is 1. The van der Waals surface area contributed by atoms with Crippen LogP contribution >= 0.6 is 11.6 Å². The van der Waals surface area contributed by atoms with E-state index in [4.69, 9.17) is 11.6 Å². The van der Waals surface area contributed by atoms with Gasteiger partial charge in [0.15, 0.2) is 0 Å². The van der Waals surface area contributed by atoms with E-state index in [9.17, 15) is 18.0 Å². The number of benzene rings is 1. The molecular formula is C17H20ClF3N4O. The van der Waals surface area contributed by atoms with Crippen LogP contribution in [0.15, 0.2) is 18.2 Å². The van der Waals surface area contributed by atoms with Crippen LogP contribution in [0.5, 0.6) is 0 Å². The van der Waals surface area contributed by atoms with Gasteiger partial charge in [-0.2, -0.15) is 13.2 Å². The van der Waals surface area contributed by atoms with Gasteiger partial charge < -0.3 is 9.88 Å². The standard InChI is InChI=1S/C17H20ClF3N4O/c1-24-14(23-13-6-2-5-12(18)15(13)24)8-22-16(26)11-4-3-7-25(9-11)10-17(19,20)21/h2,5-6,11H,3-4,7-10H2,1H3,(H,22,26). The van der Waals surface area contributed by atoms with Gasteiger partial charge in [-0.3, -0.25) is 9.69 Å². The van der Waals surface area contributed by atoms with E-state index in [0.717, 1.165) is 11.0 Å². The van der Waals surface area contributed by atoms with Crippen molar-refractivity contribution in [1.29, 1.82) is 0 Å². The highest BCUT2D eigenvalue weighted by atomic mass is 35.5. The fraction of sp³-hybridized carbons (Fsp3) is 0.529. The van der Waals surface area contributed by atoms with Gasteiger partial charge in [-0.05, 0) is 31.5 Å². The largest absolute Gasteiger partial charge is 0.401 e. The Hall–Kier alpha value is -1.80. The van der Waals surface area contributed by atoms with Gasteiger partial charge >= 0.3 is 6.18 Å². The fourth-order valence-corrected chi connectivity index (χ4v) is 3.70. The number of para-hydroxylation sites is 1. The molecule has 2 aromatic rings. The van der Waals surface area contributed by atoms with Gasteiger partial charge in [0.05, 0.1) is 35.1 Å². The zero-order valence-corrected chi connectivity index (χ0v) is 15.1. The summed E-state index contributed by atoms with van der Waals surface area (Å²) in [5, 5.41) is 3.37. The Balaban J connectivity index is 1.62. The maximum atomic E-state index is 12.6. The SMILES string of the molecule is Cn1c(CNC(=O)C2CCCN(CC(F)(F)F)C2)nc2cccc(Cl)c21. The summed E-state index contributed by atoms with van der Waals surface area (Å²) < 4.78 is 39.5. The van der Waals surface area contributed by atoms with Crippen molar-refractivity contribution in [2.24, 2.45) is 13.0 Å². The minimum atomic E-state index is -4.25. The number of rotatable bonds is 4. The summed E-state index contributed by atoms with van der Waals surface area (Å²) in [5.74, 6) is -0.0381. The van der Waals surface area contributed by atoms with E-state index in [-0.39, 0.29) is 19.0 Å². The van der Waals surface area contributed by atoms with Crippen LogP contribution in [0, 0.1) is 5.92 Å². The minimum Gasteiger partial charge on any atom is -0.349 e. The third-order valence-corrected chi connectivity index (χ3v) is 4.94. The van der Waals surface area contributed by atoms with E-state index < -0.39 is 18.6 Å². The number of imidazole rings is 1. The molecular weight excluding hydrogens is 369 g/mol. The van der Waals surface area contributed by atoms with Crippen molar-refractivity contribution in [3.05, 3.63) is 29.0 Å².